The molecular weight excluding hydrogens is 180 g/mol. The molecule has 0 unspecified atom stereocenters. The summed E-state index contributed by atoms with van der Waals surface area (Å²) in [6.45, 7) is 4.34. The van der Waals surface area contributed by atoms with Crippen LogP contribution < -0.4 is 5.32 Å². The summed E-state index contributed by atoms with van der Waals surface area (Å²) < 4.78 is 0. The molecule has 1 aromatic heterocycles. The third-order valence-corrected chi connectivity index (χ3v) is 2.21. The summed E-state index contributed by atoms with van der Waals surface area (Å²) in [7, 11) is 0. The van der Waals surface area contributed by atoms with Crippen molar-refractivity contribution in [2.24, 2.45) is 0 Å². The van der Waals surface area contributed by atoms with Crippen LogP contribution in [0.4, 0.5) is 5.13 Å². The van der Waals surface area contributed by atoms with Crippen LogP contribution in [0.3, 0.4) is 0 Å². The normalized spacial score (nSPS) is 9.55. The Bertz CT molecular complexity index is 234. The molecule has 1 aromatic rings. The lowest BCUT2D eigenvalue weighted by Gasteiger charge is -1.93. The Morgan fingerprint density at radius 1 is 1.82 bits per heavy atom. The van der Waals surface area contributed by atoms with Crippen molar-refractivity contribution in [1.29, 1.82) is 0 Å². The molecule has 0 bridgehead atoms. The first-order valence-electron chi connectivity index (χ1n) is 3.22. The van der Waals surface area contributed by atoms with E-state index in [1.807, 2.05) is 5.38 Å². The van der Waals surface area contributed by atoms with Crippen LogP contribution in [-0.2, 0) is 5.88 Å². The van der Waals surface area contributed by atoms with Crippen LogP contribution in [-0.4, -0.2) is 11.5 Å². The van der Waals surface area contributed by atoms with Gasteiger partial charge in [0.05, 0.1) is 11.6 Å². The molecule has 0 aliphatic heterocycles. The van der Waals surface area contributed by atoms with Gasteiger partial charge in [0.1, 0.15) is 0 Å². The highest BCUT2D eigenvalue weighted by Crippen LogP contribution is 2.15. The molecule has 0 spiro atoms. The summed E-state index contributed by atoms with van der Waals surface area (Å²) in [5, 5.41) is 5.93. The molecule has 11 heavy (non-hydrogen) atoms. The molecular formula is C7H9ClN2S. The summed E-state index contributed by atoms with van der Waals surface area (Å²) in [5.74, 6) is 0.478. The van der Waals surface area contributed by atoms with E-state index in [2.05, 4.69) is 16.9 Å². The summed E-state index contributed by atoms with van der Waals surface area (Å²) in [5.41, 5.74) is 0.920. The molecule has 0 fully saturated rings. The number of aromatic nitrogens is 1. The van der Waals surface area contributed by atoms with Crippen molar-refractivity contribution < 1.29 is 0 Å². The Balaban J connectivity index is 2.50. The second kappa shape index (κ2) is 4.36. The van der Waals surface area contributed by atoms with Crippen molar-refractivity contribution in [2.45, 2.75) is 5.88 Å². The van der Waals surface area contributed by atoms with E-state index in [0.29, 0.717) is 5.88 Å². The van der Waals surface area contributed by atoms with Crippen LogP contribution >= 0.6 is 22.9 Å². The standard InChI is InChI=1S/C7H9ClN2S/c1-2-3-9-7-10-6(4-8)5-11-7/h2,5H,1,3-4H2,(H,9,10). The minimum absolute atomic E-state index is 0.478. The number of nitrogens with one attached hydrogen (secondary N) is 1. The number of alkyl halides is 1. The van der Waals surface area contributed by atoms with Gasteiger partial charge in [-0.05, 0) is 0 Å². The molecule has 2 nitrogen and oxygen atoms in total. The second-order valence-electron chi connectivity index (χ2n) is 1.95. The molecule has 0 saturated heterocycles. The average molecular weight is 189 g/mol. The van der Waals surface area contributed by atoms with Gasteiger partial charge in [0.25, 0.3) is 0 Å². The maximum Gasteiger partial charge on any atom is 0.183 e. The Morgan fingerprint density at radius 2 is 2.64 bits per heavy atom. The topological polar surface area (TPSA) is 24.9 Å². The largest absolute Gasteiger partial charge is 0.358 e. The van der Waals surface area contributed by atoms with Gasteiger partial charge in [-0.1, -0.05) is 6.08 Å². The lowest BCUT2D eigenvalue weighted by atomic mass is 10.6. The molecule has 60 valence electrons. The van der Waals surface area contributed by atoms with Crippen molar-refractivity contribution in [3.8, 4) is 0 Å². The summed E-state index contributed by atoms with van der Waals surface area (Å²) in [6, 6.07) is 0. The lowest BCUT2D eigenvalue weighted by molar-refractivity contribution is 1.20. The zero-order chi connectivity index (χ0) is 8.10. The molecule has 0 atom stereocenters. The van der Waals surface area contributed by atoms with Gasteiger partial charge in [-0.25, -0.2) is 4.98 Å². The molecule has 0 aliphatic carbocycles. The Labute approximate surface area is 74.9 Å². The van der Waals surface area contributed by atoms with E-state index in [0.717, 1.165) is 17.4 Å². The van der Waals surface area contributed by atoms with E-state index in [-0.39, 0.29) is 0 Å². The van der Waals surface area contributed by atoms with E-state index in [9.17, 15) is 0 Å². The first kappa shape index (κ1) is 8.56. The maximum absolute atomic E-state index is 5.57. The van der Waals surface area contributed by atoms with Crippen LogP contribution in [0, 0.1) is 0 Å². The SMILES string of the molecule is C=CCNc1nc(CCl)cs1. The number of thiazole rings is 1. The van der Waals surface area contributed by atoms with Crippen molar-refractivity contribution >= 4 is 28.1 Å². The predicted octanol–water partition coefficient (Wildman–Crippen LogP) is 2.48. The fraction of sp³-hybridized carbons (Fsp3) is 0.286. The van der Waals surface area contributed by atoms with Crippen LogP contribution in [0.25, 0.3) is 0 Å². The highest BCUT2D eigenvalue weighted by Gasteiger charge is 1.97. The van der Waals surface area contributed by atoms with Gasteiger partial charge in [-0.2, -0.15) is 0 Å². The Hall–Kier alpha value is -0.540. The minimum Gasteiger partial charge on any atom is -0.358 e. The number of rotatable bonds is 4. The molecule has 1 rings (SSSR count). The molecule has 0 radical (unpaired) electrons. The first-order chi connectivity index (χ1) is 5.36. The van der Waals surface area contributed by atoms with E-state index >= 15 is 0 Å². The lowest BCUT2D eigenvalue weighted by Crippen LogP contribution is -1.96. The summed E-state index contributed by atoms with van der Waals surface area (Å²) in [6.07, 6.45) is 1.79. The highest BCUT2D eigenvalue weighted by atomic mass is 35.5. The molecule has 0 aromatic carbocycles. The molecule has 0 amide bonds. The number of hydrogen-bond acceptors (Lipinski definition) is 3. The molecule has 4 heteroatoms. The van der Waals surface area contributed by atoms with Crippen molar-refractivity contribution in [1.82, 2.24) is 4.98 Å². The number of halogens is 1. The summed E-state index contributed by atoms with van der Waals surface area (Å²) in [4.78, 5) is 4.19. The highest BCUT2D eigenvalue weighted by molar-refractivity contribution is 7.13. The van der Waals surface area contributed by atoms with Gasteiger partial charge in [-0.3, -0.25) is 0 Å². The quantitative estimate of drug-likeness (QED) is 0.580. The number of hydrogen-bond donors (Lipinski definition) is 1. The number of anilines is 1. The summed E-state index contributed by atoms with van der Waals surface area (Å²) >= 11 is 7.13. The van der Waals surface area contributed by atoms with Gasteiger partial charge in [0.15, 0.2) is 5.13 Å². The molecule has 0 aliphatic rings. The van der Waals surface area contributed by atoms with E-state index in [1.165, 1.54) is 0 Å². The van der Waals surface area contributed by atoms with Gasteiger partial charge in [0.2, 0.25) is 0 Å². The monoisotopic (exact) mass is 188 g/mol. The Morgan fingerprint density at radius 3 is 3.18 bits per heavy atom. The van der Waals surface area contributed by atoms with Crippen molar-refractivity contribution in [3.05, 3.63) is 23.7 Å². The van der Waals surface area contributed by atoms with Gasteiger partial charge in [0, 0.05) is 11.9 Å². The first-order valence-corrected chi connectivity index (χ1v) is 4.63. The molecule has 1 N–H and O–H groups in total. The predicted molar refractivity (Wildman–Crippen MR) is 50.4 cm³/mol. The van der Waals surface area contributed by atoms with Crippen LogP contribution in [0.2, 0.25) is 0 Å². The van der Waals surface area contributed by atoms with E-state index in [1.54, 1.807) is 17.4 Å². The van der Waals surface area contributed by atoms with Gasteiger partial charge >= 0.3 is 0 Å². The second-order valence-corrected chi connectivity index (χ2v) is 3.07. The van der Waals surface area contributed by atoms with Crippen molar-refractivity contribution in [3.63, 3.8) is 0 Å². The number of nitrogens with zero attached hydrogens (tertiary/aromatic N) is 1. The minimum atomic E-state index is 0.478. The van der Waals surface area contributed by atoms with Gasteiger partial charge < -0.3 is 5.32 Å². The third-order valence-electron chi connectivity index (χ3n) is 1.09. The molecule has 1 heterocycles. The zero-order valence-corrected chi connectivity index (χ0v) is 7.58. The van der Waals surface area contributed by atoms with Crippen LogP contribution in [0.15, 0.2) is 18.0 Å². The smallest absolute Gasteiger partial charge is 0.183 e. The van der Waals surface area contributed by atoms with E-state index in [4.69, 9.17) is 11.6 Å². The van der Waals surface area contributed by atoms with Crippen LogP contribution in [0.1, 0.15) is 5.69 Å². The van der Waals surface area contributed by atoms with Crippen LogP contribution in [0.5, 0.6) is 0 Å². The Kier molecular flexibility index (Phi) is 3.39. The third kappa shape index (κ3) is 2.52. The van der Waals surface area contributed by atoms with Gasteiger partial charge in [-0.15, -0.1) is 29.5 Å². The maximum atomic E-state index is 5.57. The zero-order valence-electron chi connectivity index (χ0n) is 6.01. The fourth-order valence-corrected chi connectivity index (χ4v) is 1.56. The van der Waals surface area contributed by atoms with E-state index < -0.39 is 0 Å². The molecule has 0 saturated carbocycles. The average Bonchev–Trinajstić information content (AvgIpc) is 2.48. The fourth-order valence-electron chi connectivity index (χ4n) is 0.609. The van der Waals surface area contributed by atoms with Crippen molar-refractivity contribution in [2.75, 3.05) is 11.9 Å².